The topological polar surface area (TPSA) is 119 Å². The van der Waals surface area contributed by atoms with Crippen molar-refractivity contribution in [2.24, 2.45) is 0 Å². The predicted octanol–water partition coefficient (Wildman–Crippen LogP) is 1.07. The molecule has 0 fully saturated rings. The van der Waals surface area contributed by atoms with Crippen molar-refractivity contribution in [1.82, 2.24) is 5.32 Å². The normalized spacial score (nSPS) is 9.21. The van der Waals surface area contributed by atoms with E-state index in [9.17, 15) is 14.4 Å². The third kappa shape index (κ3) is 5.32. The first-order valence-electron chi connectivity index (χ1n) is 5.34. The number of amides is 3. The van der Waals surface area contributed by atoms with Crippen LogP contribution in [-0.4, -0.2) is 23.0 Å². The molecule has 0 aliphatic rings. The summed E-state index contributed by atoms with van der Waals surface area (Å²) in [6.07, 6.45) is -0.605. The van der Waals surface area contributed by atoms with Crippen molar-refractivity contribution in [1.29, 1.82) is 5.26 Å². The number of hydrogen-bond donors (Lipinski definition) is 3. The average molecular weight is 261 g/mol. The molecule has 0 bridgehead atoms. The number of rotatable bonds is 4. The highest BCUT2D eigenvalue weighted by molar-refractivity contribution is 6.01. The molecular formula is C12H11N3O4. The molecule has 0 radical (unpaired) electrons. The van der Waals surface area contributed by atoms with E-state index in [-0.39, 0.29) is 12.8 Å². The molecule has 0 atom stereocenters. The number of carbonyl (C=O) groups is 3. The highest BCUT2D eigenvalue weighted by atomic mass is 16.4. The summed E-state index contributed by atoms with van der Waals surface area (Å²) in [5, 5.41) is 21.3. The van der Waals surface area contributed by atoms with Crippen LogP contribution in [0.2, 0.25) is 0 Å². The van der Waals surface area contributed by atoms with E-state index in [2.05, 4.69) is 5.32 Å². The SMILES string of the molecule is N#Cc1ccc(NC(=O)NC(=O)CCC(=O)O)cc1. The van der Waals surface area contributed by atoms with Crippen molar-refractivity contribution in [3.63, 3.8) is 0 Å². The van der Waals surface area contributed by atoms with E-state index in [1.165, 1.54) is 24.3 Å². The Labute approximate surface area is 108 Å². The maximum atomic E-state index is 11.4. The lowest BCUT2D eigenvalue weighted by Crippen LogP contribution is -2.34. The van der Waals surface area contributed by atoms with Gasteiger partial charge in [0.05, 0.1) is 18.1 Å². The summed E-state index contributed by atoms with van der Waals surface area (Å²) in [6.45, 7) is 0. The fraction of sp³-hybridized carbons (Fsp3) is 0.167. The van der Waals surface area contributed by atoms with E-state index in [4.69, 9.17) is 10.4 Å². The second-order valence-electron chi connectivity index (χ2n) is 3.59. The summed E-state index contributed by atoms with van der Waals surface area (Å²) >= 11 is 0. The first kappa shape index (κ1) is 14.2. The number of carbonyl (C=O) groups excluding carboxylic acids is 2. The van der Waals surface area contributed by atoms with Crippen LogP contribution < -0.4 is 10.6 Å². The van der Waals surface area contributed by atoms with E-state index in [0.29, 0.717) is 11.3 Å². The van der Waals surface area contributed by atoms with Gasteiger partial charge in [0.15, 0.2) is 0 Å². The number of anilines is 1. The van der Waals surface area contributed by atoms with Crippen molar-refractivity contribution in [2.75, 3.05) is 5.32 Å². The monoisotopic (exact) mass is 261 g/mol. The van der Waals surface area contributed by atoms with Crippen LogP contribution in [0.3, 0.4) is 0 Å². The van der Waals surface area contributed by atoms with Gasteiger partial charge in [-0.25, -0.2) is 4.79 Å². The van der Waals surface area contributed by atoms with Crippen LogP contribution in [0.5, 0.6) is 0 Å². The summed E-state index contributed by atoms with van der Waals surface area (Å²) in [6, 6.07) is 7.24. The quantitative estimate of drug-likeness (QED) is 0.748. The third-order valence-corrected chi connectivity index (χ3v) is 2.09. The fourth-order valence-corrected chi connectivity index (χ4v) is 1.20. The van der Waals surface area contributed by atoms with Crippen molar-refractivity contribution < 1.29 is 19.5 Å². The largest absolute Gasteiger partial charge is 0.481 e. The molecule has 0 aliphatic carbocycles. The lowest BCUT2D eigenvalue weighted by Gasteiger charge is -2.06. The van der Waals surface area contributed by atoms with Crippen LogP contribution in [0.1, 0.15) is 18.4 Å². The van der Waals surface area contributed by atoms with Crippen LogP contribution in [0.4, 0.5) is 10.5 Å². The van der Waals surface area contributed by atoms with Gasteiger partial charge in [-0.15, -0.1) is 0 Å². The summed E-state index contributed by atoms with van der Waals surface area (Å²) in [5.41, 5.74) is 0.867. The molecular weight excluding hydrogens is 250 g/mol. The number of benzene rings is 1. The first-order valence-corrected chi connectivity index (χ1v) is 5.34. The van der Waals surface area contributed by atoms with E-state index in [1.807, 2.05) is 11.4 Å². The van der Waals surface area contributed by atoms with Gasteiger partial charge in [0, 0.05) is 12.1 Å². The molecule has 1 rings (SSSR count). The van der Waals surface area contributed by atoms with Crippen molar-refractivity contribution in [3.05, 3.63) is 29.8 Å². The Kier molecular flexibility index (Phi) is 5.04. The van der Waals surface area contributed by atoms with Gasteiger partial charge in [-0.05, 0) is 24.3 Å². The van der Waals surface area contributed by atoms with Gasteiger partial charge in [0.25, 0.3) is 0 Å². The van der Waals surface area contributed by atoms with Crippen LogP contribution >= 0.6 is 0 Å². The van der Waals surface area contributed by atoms with E-state index < -0.39 is 17.9 Å². The number of nitrogens with zero attached hydrogens (tertiary/aromatic N) is 1. The molecule has 0 saturated carbocycles. The maximum absolute atomic E-state index is 11.4. The molecule has 0 spiro atoms. The lowest BCUT2D eigenvalue weighted by molar-refractivity contribution is -0.138. The number of carboxylic acid groups (broad SMARTS) is 1. The van der Waals surface area contributed by atoms with Crippen molar-refractivity contribution in [2.45, 2.75) is 12.8 Å². The molecule has 0 aromatic heterocycles. The van der Waals surface area contributed by atoms with E-state index >= 15 is 0 Å². The number of nitrogens with one attached hydrogen (secondary N) is 2. The van der Waals surface area contributed by atoms with Gasteiger partial charge in [-0.3, -0.25) is 14.9 Å². The highest BCUT2D eigenvalue weighted by Crippen LogP contribution is 2.08. The summed E-state index contributed by atoms with van der Waals surface area (Å²) in [4.78, 5) is 32.8. The lowest BCUT2D eigenvalue weighted by atomic mass is 10.2. The second kappa shape index (κ2) is 6.76. The fourth-order valence-electron chi connectivity index (χ4n) is 1.20. The Balaban J connectivity index is 2.44. The molecule has 0 saturated heterocycles. The minimum absolute atomic E-state index is 0.268. The zero-order valence-electron chi connectivity index (χ0n) is 9.84. The van der Waals surface area contributed by atoms with Gasteiger partial charge >= 0.3 is 12.0 Å². The van der Waals surface area contributed by atoms with Gasteiger partial charge in [-0.2, -0.15) is 5.26 Å². The summed E-state index contributed by atoms with van der Waals surface area (Å²) in [5.74, 6) is -1.78. The minimum Gasteiger partial charge on any atom is -0.481 e. The maximum Gasteiger partial charge on any atom is 0.325 e. The Morgan fingerprint density at radius 1 is 1.16 bits per heavy atom. The number of aliphatic carboxylic acids is 1. The average Bonchev–Trinajstić information content (AvgIpc) is 2.37. The number of imide groups is 1. The van der Waals surface area contributed by atoms with Crippen LogP contribution in [0.15, 0.2) is 24.3 Å². The van der Waals surface area contributed by atoms with Crippen LogP contribution in [-0.2, 0) is 9.59 Å². The molecule has 1 aromatic carbocycles. The second-order valence-corrected chi connectivity index (χ2v) is 3.59. The Morgan fingerprint density at radius 3 is 2.32 bits per heavy atom. The molecule has 0 aliphatic heterocycles. The molecule has 3 N–H and O–H groups in total. The minimum atomic E-state index is -1.11. The van der Waals surface area contributed by atoms with Crippen LogP contribution in [0.25, 0.3) is 0 Å². The summed E-state index contributed by atoms with van der Waals surface area (Å²) < 4.78 is 0. The number of urea groups is 1. The molecule has 0 heterocycles. The van der Waals surface area contributed by atoms with E-state index in [0.717, 1.165) is 0 Å². The van der Waals surface area contributed by atoms with Gasteiger partial charge in [0.1, 0.15) is 0 Å². The van der Waals surface area contributed by atoms with Gasteiger partial charge in [-0.1, -0.05) is 0 Å². The Bertz CT molecular complexity index is 531. The third-order valence-electron chi connectivity index (χ3n) is 2.09. The smallest absolute Gasteiger partial charge is 0.325 e. The molecule has 3 amide bonds. The molecule has 0 unspecified atom stereocenters. The molecule has 7 heteroatoms. The highest BCUT2D eigenvalue weighted by Gasteiger charge is 2.09. The Hall–Kier alpha value is -2.88. The van der Waals surface area contributed by atoms with Crippen molar-refractivity contribution in [3.8, 4) is 6.07 Å². The standard InChI is InChI=1S/C12H11N3O4/c13-7-8-1-3-9(4-2-8)14-12(19)15-10(16)5-6-11(17)18/h1-4H,5-6H2,(H,17,18)(H2,14,15,16,19). The molecule has 19 heavy (non-hydrogen) atoms. The predicted molar refractivity (Wildman–Crippen MR) is 65.2 cm³/mol. The number of nitriles is 1. The zero-order chi connectivity index (χ0) is 14.3. The molecule has 7 nitrogen and oxygen atoms in total. The van der Waals surface area contributed by atoms with Crippen LogP contribution in [0, 0.1) is 11.3 Å². The molecule has 98 valence electrons. The van der Waals surface area contributed by atoms with Gasteiger partial charge in [0.2, 0.25) is 5.91 Å². The Morgan fingerprint density at radius 2 is 1.79 bits per heavy atom. The first-order chi connectivity index (χ1) is 9.01. The zero-order valence-corrected chi connectivity index (χ0v) is 9.84. The number of carboxylic acids is 1. The number of hydrogen-bond acceptors (Lipinski definition) is 4. The molecule has 1 aromatic rings. The summed E-state index contributed by atoms with van der Waals surface area (Å²) in [7, 11) is 0. The van der Waals surface area contributed by atoms with E-state index in [1.54, 1.807) is 0 Å². The van der Waals surface area contributed by atoms with Crippen molar-refractivity contribution >= 4 is 23.6 Å². The van der Waals surface area contributed by atoms with Gasteiger partial charge < -0.3 is 10.4 Å².